The molecule has 8 nitrogen and oxygen atoms in total. The van der Waals surface area contributed by atoms with Gasteiger partial charge in [-0.05, 0) is 23.5 Å². The molecule has 3 rings (SSSR count). The highest BCUT2D eigenvalue weighted by Crippen LogP contribution is 2.33. The van der Waals surface area contributed by atoms with Crippen LogP contribution in [0.1, 0.15) is 43.9 Å². The lowest BCUT2D eigenvalue weighted by Crippen LogP contribution is -2.56. The van der Waals surface area contributed by atoms with Crippen molar-refractivity contribution < 1.29 is 23.9 Å². The number of rotatable bonds is 11. The van der Waals surface area contributed by atoms with Crippen molar-refractivity contribution in [3.8, 4) is 0 Å². The number of hydrogen-bond donors (Lipinski definition) is 2. The second kappa shape index (κ2) is 12.1. The molecular weight excluding hydrogens is 446 g/mol. The maximum atomic E-state index is 13.2. The lowest BCUT2D eigenvalue weighted by atomic mass is 9.94. The number of nitrogens with zero attached hydrogens (tertiary/aromatic N) is 1. The van der Waals surface area contributed by atoms with E-state index in [1.807, 2.05) is 74.5 Å². The first kappa shape index (κ1) is 25.9. The van der Waals surface area contributed by atoms with E-state index in [4.69, 9.17) is 4.74 Å². The molecule has 0 aromatic heterocycles. The monoisotopic (exact) mass is 479 g/mol. The first-order chi connectivity index (χ1) is 16.8. The third kappa shape index (κ3) is 7.15. The van der Waals surface area contributed by atoms with E-state index >= 15 is 0 Å². The molecular formula is C27H33N3O5. The number of hydrogen-bond acceptors (Lipinski definition) is 5. The van der Waals surface area contributed by atoms with Crippen LogP contribution in [0.3, 0.4) is 0 Å². The number of benzene rings is 2. The Bertz CT molecular complexity index is 1030. The van der Waals surface area contributed by atoms with Gasteiger partial charge in [0.2, 0.25) is 17.7 Å². The van der Waals surface area contributed by atoms with Crippen LogP contribution in [0.25, 0.3) is 0 Å². The van der Waals surface area contributed by atoms with Crippen molar-refractivity contribution in [1.29, 1.82) is 0 Å². The Labute approximate surface area is 206 Å². The zero-order chi connectivity index (χ0) is 25.4. The van der Waals surface area contributed by atoms with Gasteiger partial charge >= 0.3 is 5.97 Å². The van der Waals surface area contributed by atoms with Gasteiger partial charge in [-0.2, -0.15) is 0 Å². The van der Waals surface area contributed by atoms with E-state index in [1.54, 1.807) is 0 Å². The predicted octanol–water partition coefficient (Wildman–Crippen LogP) is 2.39. The molecule has 0 bridgehead atoms. The van der Waals surface area contributed by atoms with Gasteiger partial charge < -0.3 is 20.3 Å². The lowest BCUT2D eigenvalue weighted by molar-refractivity contribution is -0.150. The van der Waals surface area contributed by atoms with Crippen LogP contribution in [0.15, 0.2) is 60.7 Å². The summed E-state index contributed by atoms with van der Waals surface area (Å²) in [6.45, 7) is 3.74. The van der Waals surface area contributed by atoms with Crippen molar-refractivity contribution in [2.24, 2.45) is 5.92 Å². The average Bonchev–Trinajstić information content (AvgIpc) is 2.85. The molecule has 186 valence electrons. The normalized spacial score (nSPS) is 16.7. The van der Waals surface area contributed by atoms with Crippen LogP contribution in [0, 0.1) is 5.92 Å². The highest BCUT2D eigenvalue weighted by Gasteiger charge is 2.38. The number of carbonyl (C=O) groups excluding carboxylic acids is 4. The number of amides is 3. The van der Waals surface area contributed by atoms with Gasteiger partial charge in [0.05, 0.1) is 19.6 Å². The minimum atomic E-state index is -0.921. The van der Waals surface area contributed by atoms with Crippen molar-refractivity contribution in [2.75, 3.05) is 13.7 Å². The molecule has 35 heavy (non-hydrogen) atoms. The zero-order valence-corrected chi connectivity index (χ0v) is 20.4. The molecule has 1 unspecified atom stereocenters. The Kier molecular flexibility index (Phi) is 9.00. The molecule has 2 N–H and O–H groups in total. The first-order valence-corrected chi connectivity index (χ1v) is 11.8. The lowest BCUT2D eigenvalue weighted by Gasteiger charge is -2.40. The van der Waals surface area contributed by atoms with Gasteiger partial charge in [0.15, 0.2) is 0 Å². The summed E-state index contributed by atoms with van der Waals surface area (Å²) in [6, 6.07) is 16.9. The molecule has 2 aromatic carbocycles. The molecule has 0 radical (unpaired) electrons. The molecule has 0 saturated carbocycles. The fourth-order valence-corrected chi connectivity index (χ4v) is 4.18. The Morgan fingerprint density at radius 2 is 1.60 bits per heavy atom. The van der Waals surface area contributed by atoms with Gasteiger partial charge in [-0.25, -0.2) is 4.79 Å². The number of ether oxygens (including phenoxy) is 1. The van der Waals surface area contributed by atoms with Crippen LogP contribution in [0.4, 0.5) is 0 Å². The summed E-state index contributed by atoms with van der Waals surface area (Å²) in [4.78, 5) is 52.1. The van der Waals surface area contributed by atoms with Crippen molar-refractivity contribution in [3.05, 3.63) is 71.8 Å². The Morgan fingerprint density at radius 3 is 2.17 bits per heavy atom. The van der Waals surface area contributed by atoms with E-state index in [0.717, 1.165) is 11.1 Å². The van der Waals surface area contributed by atoms with Crippen molar-refractivity contribution >= 4 is 23.7 Å². The molecule has 0 spiro atoms. The Morgan fingerprint density at radius 1 is 0.971 bits per heavy atom. The van der Waals surface area contributed by atoms with Gasteiger partial charge in [-0.15, -0.1) is 0 Å². The highest BCUT2D eigenvalue weighted by molar-refractivity contribution is 5.93. The summed E-state index contributed by atoms with van der Waals surface area (Å²) in [5.41, 5.74) is 1.82. The summed E-state index contributed by atoms with van der Waals surface area (Å²) in [7, 11) is 1.28. The summed E-state index contributed by atoms with van der Waals surface area (Å²) in [6.07, 6.45) is 0.997. The first-order valence-electron chi connectivity index (χ1n) is 11.8. The summed E-state index contributed by atoms with van der Waals surface area (Å²) >= 11 is 0. The largest absolute Gasteiger partial charge is 0.467 e. The number of β-lactam (4-membered cyclic amide) rings is 1. The molecule has 1 aliphatic heterocycles. The Hall–Kier alpha value is -3.68. The van der Waals surface area contributed by atoms with Gasteiger partial charge in [0.1, 0.15) is 18.6 Å². The predicted molar refractivity (Wildman–Crippen MR) is 131 cm³/mol. The van der Waals surface area contributed by atoms with Crippen molar-refractivity contribution in [1.82, 2.24) is 15.5 Å². The third-order valence-corrected chi connectivity index (χ3v) is 6.01. The molecule has 1 fully saturated rings. The molecule has 0 aliphatic carbocycles. The molecule has 3 amide bonds. The number of esters is 1. The quantitative estimate of drug-likeness (QED) is 0.380. The maximum absolute atomic E-state index is 13.2. The average molecular weight is 480 g/mol. The molecule has 1 saturated heterocycles. The van der Waals surface area contributed by atoms with Gasteiger partial charge in [0, 0.05) is 6.42 Å². The number of methoxy groups -OCH3 is 1. The second-order valence-electron chi connectivity index (χ2n) is 9.18. The van der Waals surface area contributed by atoms with Crippen LogP contribution in [0.5, 0.6) is 0 Å². The van der Waals surface area contributed by atoms with E-state index < -0.39 is 29.9 Å². The zero-order valence-electron chi connectivity index (χ0n) is 20.4. The SMILES string of the molecule is COC(=O)[C@H](CC(C)C)NC(=O)[C@H](Cc1ccccc1)NC(=O)CN1C(=O)CC1c1ccccc1. The van der Waals surface area contributed by atoms with E-state index in [-0.39, 0.29) is 30.8 Å². The van der Waals surface area contributed by atoms with Gasteiger partial charge in [0.25, 0.3) is 0 Å². The summed E-state index contributed by atoms with van der Waals surface area (Å²) in [5.74, 6) is -1.41. The second-order valence-corrected chi connectivity index (χ2v) is 9.18. The van der Waals surface area contributed by atoms with E-state index in [2.05, 4.69) is 10.6 Å². The minimum Gasteiger partial charge on any atom is -0.467 e. The fourth-order valence-electron chi connectivity index (χ4n) is 4.18. The minimum absolute atomic E-state index is 0.110. The maximum Gasteiger partial charge on any atom is 0.328 e. The van der Waals surface area contributed by atoms with Crippen LogP contribution in [0.2, 0.25) is 0 Å². The van der Waals surface area contributed by atoms with Gasteiger partial charge in [-0.1, -0.05) is 74.5 Å². The summed E-state index contributed by atoms with van der Waals surface area (Å²) in [5, 5.41) is 5.52. The standard InChI is InChI=1S/C27H33N3O5/c1-18(2)14-22(27(34)35-3)29-26(33)21(15-19-10-6-4-7-11-19)28-24(31)17-30-23(16-25(30)32)20-12-8-5-9-13-20/h4-13,18,21-23H,14-17H2,1-3H3,(H,28,31)(H,29,33)/t21-,22-,23?/m0/s1. The highest BCUT2D eigenvalue weighted by atomic mass is 16.5. The smallest absolute Gasteiger partial charge is 0.328 e. The molecule has 3 atom stereocenters. The van der Waals surface area contributed by atoms with Crippen molar-refractivity contribution in [3.63, 3.8) is 0 Å². The fraction of sp³-hybridized carbons (Fsp3) is 0.407. The van der Waals surface area contributed by atoms with Crippen LogP contribution in [-0.2, 0) is 30.3 Å². The number of carbonyl (C=O) groups is 4. The molecule has 1 aliphatic rings. The summed E-state index contributed by atoms with van der Waals surface area (Å²) < 4.78 is 4.85. The number of likely N-dealkylation sites (tertiary alicyclic amines) is 1. The topological polar surface area (TPSA) is 105 Å². The van der Waals surface area contributed by atoms with Crippen LogP contribution < -0.4 is 10.6 Å². The van der Waals surface area contributed by atoms with Crippen molar-refractivity contribution in [2.45, 2.75) is 51.2 Å². The van der Waals surface area contributed by atoms with E-state index in [9.17, 15) is 19.2 Å². The number of nitrogens with one attached hydrogen (secondary N) is 2. The molecule has 2 aromatic rings. The van der Waals surface area contributed by atoms with E-state index in [1.165, 1.54) is 12.0 Å². The Balaban J connectivity index is 1.71. The molecule has 8 heteroatoms. The molecule has 1 heterocycles. The van der Waals surface area contributed by atoms with Gasteiger partial charge in [-0.3, -0.25) is 14.4 Å². The third-order valence-electron chi connectivity index (χ3n) is 6.01. The van der Waals surface area contributed by atoms with Crippen LogP contribution >= 0.6 is 0 Å². The van der Waals surface area contributed by atoms with E-state index in [0.29, 0.717) is 12.8 Å². The van der Waals surface area contributed by atoms with Crippen LogP contribution in [-0.4, -0.2) is 54.3 Å².